The Hall–Kier alpha value is -5.52. The van der Waals surface area contributed by atoms with Crippen molar-refractivity contribution in [1.82, 2.24) is 9.88 Å². The molecule has 1 amide bonds. The summed E-state index contributed by atoms with van der Waals surface area (Å²) in [6, 6.07) is 5.92. The minimum Gasteiger partial charge on any atom is -0.505 e. The number of methoxy groups -OCH3 is 1. The topological polar surface area (TPSA) is 201 Å². The number of nitrogens with zero attached hydrogens (tertiary/aromatic N) is 2. The monoisotopic (exact) mass is 925 g/mol. The maximum Gasteiger partial charge on any atom is 0.303 e. The van der Waals surface area contributed by atoms with Crippen LogP contribution in [0.5, 0.6) is 17.2 Å². The molecule has 0 radical (unpaired) electrons. The molecular formula is C51H63N3O13. The molecule has 7 bridgehead atoms. The second-order valence-corrected chi connectivity index (χ2v) is 19.1. The number of aliphatic hydroxyl groups excluding tert-OH is 1. The minimum atomic E-state index is -1.57. The van der Waals surface area contributed by atoms with Crippen LogP contribution < -0.4 is 20.2 Å². The van der Waals surface area contributed by atoms with Gasteiger partial charge in [0.25, 0.3) is 11.7 Å². The van der Waals surface area contributed by atoms with Gasteiger partial charge in [0, 0.05) is 85.5 Å². The van der Waals surface area contributed by atoms with Crippen molar-refractivity contribution in [3.8, 4) is 17.2 Å². The number of allylic oxidation sites excluding steroid dienone is 2. The first-order valence-corrected chi connectivity index (χ1v) is 23.1. The zero-order chi connectivity index (χ0) is 48.4. The molecule has 6 heterocycles. The maximum absolute atomic E-state index is 14.6. The Balaban J connectivity index is 1.30. The average molecular weight is 926 g/mol. The van der Waals surface area contributed by atoms with Gasteiger partial charge < -0.3 is 53.1 Å². The molecule has 4 aromatic rings. The van der Waals surface area contributed by atoms with Crippen molar-refractivity contribution < 1.29 is 57.4 Å². The Morgan fingerprint density at radius 1 is 1.04 bits per heavy atom. The van der Waals surface area contributed by atoms with Gasteiger partial charge in [0.1, 0.15) is 47.0 Å². The van der Waals surface area contributed by atoms with Crippen LogP contribution in [0.15, 0.2) is 63.6 Å². The molecule has 5 aliphatic rings. The number of aliphatic hydroxyl groups is 1. The van der Waals surface area contributed by atoms with E-state index in [0.717, 1.165) is 0 Å². The fraction of sp³-hybridized carbons (Fsp3) is 0.529. The van der Waals surface area contributed by atoms with E-state index < -0.39 is 70.9 Å². The van der Waals surface area contributed by atoms with E-state index in [4.69, 9.17) is 42.6 Å². The zero-order valence-corrected chi connectivity index (χ0v) is 40.3. The molecule has 0 saturated carbocycles. The molecule has 360 valence electrons. The molecule has 5 aliphatic heterocycles. The summed E-state index contributed by atoms with van der Waals surface area (Å²) in [7, 11) is 1.51. The summed E-state index contributed by atoms with van der Waals surface area (Å²) >= 11 is 0. The van der Waals surface area contributed by atoms with Gasteiger partial charge in [-0.2, -0.15) is 0 Å². The molecule has 16 nitrogen and oxygen atoms in total. The van der Waals surface area contributed by atoms with E-state index in [2.05, 4.69) is 37.9 Å². The number of carbonyl (C=O) groups is 2. The maximum atomic E-state index is 14.6. The minimum absolute atomic E-state index is 0.000411. The molecule has 16 heteroatoms. The molecule has 3 aromatic carbocycles. The van der Waals surface area contributed by atoms with E-state index in [1.807, 2.05) is 26.8 Å². The number of phenolic OH excluding ortho intramolecular Hbond substituents is 1. The first kappa shape index (κ1) is 48.0. The van der Waals surface area contributed by atoms with Gasteiger partial charge in [-0.25, -0.2) is 4.98 Å². The van der Waals surface area contributed by atoms with Crippen LogP contribution in [0.1, 0.15) is 80.4 Å². The average Bonchev–Trinajstić information content (AvgIpc) is 3.98. The molecule has 67 heavy (non-hydrogen) atoms. The van der Waals surface area contributed by atoms with Crippen molar-refractivity contribution in [3.63, 3.8) is 0 Å². The Labute approximate surface area is 389 Å². The molecule has 2 saturated heterocycles. The number of aromatic hydroxyl groups is 1. The summed E-state index contributed by atoms with van der Waals surface area (Å²) in [6.07, 6.45) is 4.27. The summed E-state index contributed by atoms with van der Waals surface area (Å²) in [6.45, 7) is 21.6. The van der Waals surface area contributed by atoms with Crippen molar-refractivity contribution in [3.05, 3.63) is 75.7 Å². The second kappa shape index (κ2) is 18.2. The highest BCUT2D eigenvalue weighted by Crippen LogP contribution is 2.62. The second-order valence-electron chi connectivity index (χ2n) is 19.1. The van der Waals surface area contributed by atoms with E-state index in [-0.39, 0.29) is 62.9 Å². The van der Waals surface area contributed by atoms with E-state index in [0.29, 0.717) is 47.6 Å². The highest BCUT2D eigenvalue weighted by atomic mass is 16.8. The number of carbonyl (C=O) groups excluding carboxylic acids is 2. The van der Waals surface area contributed by atoms with Gasteiger partial charge in [-0.1, -0.05) is 39.0 Å². The molecule has 10 atom stereocenters. The van der Waals surface area contributed by atoms with Crippen molar-refractivity contribution in [2.45, 2.75) is 130 Å². The van der Waals surface area contributed by atoms with Crippen molar-refractivity contribution >= 4 is 50.5 Å². The zero-order valence-electron chi connectivity index (χ0n) is 40.3. The van der Waals surface area contributed by atoms with Gasteiger partial charge in [0.05, 0.1) is 36.6 Å². The number of amides is 1. The van der Waals surface area contributed by atoms with Crippen LogP contribution in [0.3, 0.4) is 0 Å². The van der Waals surface area contributed by atoms with Gasteiger partial charge in [-0.05, 0) is 59.8 Å². The van der Waals surface area contributed by atoms with Crippen LogP contribution >= 0.6 is 0 Å². The number of rotatable bonds is 8. The Bertz CT molecular complexity index is 2750. The Kier molecular flexibility index (Phi) is 13.0. The predicted octanol–water partition coefficient (Wildman–Crippen LogP) is 7.31. The third-order valence-electron chi connectivity index (χ3n) is 14.1. The summed E-state index contributed by atoms with van der Waals surface area (Å²) in [5.41, 5.74) is -0.265. The molecule has 9 rings (SSSR count). The van der Waals surface area contributed by atoms with Crippen molar-refractivity contribution in [1.29, 1.82) is 0 Å². The lowest BCUT2D eigenvalue weighted by Crippen LogP contribution is -2.46. The number of hydrogen-bond donors (Lipinski definition) is 3. The third-order valence-corrected chi connectivity index (χ3v) is 14.1. The third kappa shape index (κ3) is 8.34. The van der Waals surface area contributed by atoms with E-state index >= 15 is 0 Å². The van der Waals surface area contributed by atoms with Gasteiger partial charge in [0.15, 0.2) is 27.9 Å². The SMILES string of the molecule is CO[C@H]1/C=C/O[C@@]2(C)Oc3c(C)c(=O)c4c(O)c(c5oc6cc(OCCN(C(C)C)C(C)C)ccc6nc5c4c3C23CO3)NC(=O)/C(C)=C\C=C\[C@H](C)[C@@H]2O[C@@H](C(OC(C)=O)[C@@H]1C)[C@H](O)[C@@H]2C. The number of benzene rings is 3. The van der Waals surface area contributed by atoms with Crippen LogP contribution in [-0.4, -0.2) is 107 Å². The lowest BCUT2D eigenvalue weighted by atomic mass is 9.86. The quantitative estimate of drug-likeness (QED) is 0.0522. The van der Waals surface area contributed by atoms with Gasteiger partial charge in [0.2, 0.25) is 0 Å². The first-order valence-electron chi connectivity index (χ1n) is 23.1. The van der Waals surface area contributed by atoms with Gasteiger partial charge in [-0.15, -0.1) is 0 Å². The number of esters is 1. The Morgan fingerprint density at radius 2 is 1.76 bits per heavy atom. The molecule has 1 spiro atoms. The van der Waals surface area contributed by atoms with Crippen LogP contribution in [0, 0.1) is 24.7 Å². The lowest BCUT2D eigenvalue weighted by molar-refractivity contribution is -0.169. The van der Waals surface area contributed by atoms with Crippen LogP contribution in [0.2, 0.25) is 0 Å². The number of aromatic nitrogens is 1. The summed E-state index contributed by atoms with van der Waals surface area (Å²) in [4.78, 5) is 48.7. The Morgan fingerprint density at radius 3 is 2.42 bits per heavy atom. The molecule has 3 N–H and O–H groups in total. The summed E-state index contributed by atoms with van der Waals surface area (Å²) < 4.78 is 50.6. The van der Waals surface area contributed by atoms with Crippen molar-refractivity contribution in [2.24, 2.45) is 17.8 Å². The van der Waals surface area contributed by atoms with Crippen molar-refractivity contribution in [2.75, 3.05) is 32.2 Å². The largest absolute Gasteiger partial charge is 0.505 e. The normalized spacial score (nSPS) is 31.5. The number of phenols is 1. The highest BCUT2D eigenvalue weighted by molar-refractivity contribution is 6.20. The number of fused-ring (bicyclic) bond motifs is 9. The number of ether oxygens (including phenoxy) is 7. The fourth-order valence-corrected chi connectivity index (χ4v) is 10.2. The highest BCUT2D eigenvalue weighted by Gasteiger charge is 2.71. The number of hydrogen-bond acceptors (Lipinski definition) is 15. The molecule has 2 unspecified atom stereocenters. The van der Waals surface area contributed by atoms with Gasteiger partial charge >= 0.3 is 5.97 Å². The van der Waals surface area contributed by atoms with E-state index in [1.54, 1.807) is 57.2 Å². The molecule has 2 fully saturated rings. The smallest absolute Gasteiger partial charge is 0.303 e. The van der Waals surface area contributed by atoms with Crippen LogP contribution in [0.25, 0.3) is 33.0 Å². The molecule has 0 aliphatic carbocycles. The van der Waals surface area contributed by atoms with E-state index in [9.17, 15) is 24.6 Å². The van der Waals surface area contributed by atoms with Gasteiger partial charge in [-0.3, -0.25) is 19.3 Å². The lowest BCUT2D eigenvalue weighted by Gasteiger charge is -2.33. The summed E-state index contributed by atoms with van der Waals surface area (Å²) in [5.74, 6) is -3.68. The summed E-state index contributed by atoms with van der Waals surface area (Å²) in [5, 5.41) is 26.9. The molecule has 1 aromatic heterocycles. The number of nitrogens with one attached hydrogen (secondary N) is 1. The standard InChI is InChI=1S/C51H63N3O13/c1-24(2)54(25(3)4)19-21-61-32-16-17-33-35(22-32)65-47-39(52-33)36-37-41(56)29(8)45-38(36)51(23-63-51)50(11,67-45)62-20-18-34(60-12)28(7)46(64-31(10)55)48-42(57)30(9)44(66-48)26(5)14-13-15-27(6)49(59)53-40(47)43(37)58/h13-18,20,22,24-26,28,30,34,42,44,46,48,57-58H,19,21,23H2,1-12H3,(H,53,59)/b14-13+,20-18+,27-15-/t26-,28+,30-,34-,42+,44-,46?,48+,50-,51?/m0/s1. The van der Waals surface area contributed by atoms with E-state index in [1.165, 1.54) is 20.3 Å². The predicted molar refractivity (Wildman–Crippen MR) is 251 cm³/mol. The first-order chi connectivity index (χ1) is 31.7. The fourth-order valence-electron chi connectivity index (χ4n) is 10.2. The van der Waals surface area contributed by atoms with Crippen LogP contribution in [-0.2, 0) is 38.9 Å². The number of epoxide rings is 1. The number of anilines is 1. The molecular weight excluding hydrogens is 863 g/mol. The van der Waals surface area contributed by atoms with Crippen LogP contribution in [0.4, 0.5) is 5.69 Å².